The lowest BCUT2D eigenvalue weighted by Gasteiger charge is -2.15. The van der Waals surface area contributed by atoms with Crippen LogP contribution in [0.1, 0.15) is 271 Å². The smallest absolute Gasteiger partial charge is 0.316 e. The number of hydrogen-bond acceptors (Lipinski definition) is 3. The molecule has 3 nitrogen and oxygen atoms in total. The maximum Gasteiger partial charge on any atom is 0.316 e. The van der Waals surface area contributed by atoms with Crippen LogP contribution in [0.3, 0.4) is 0 Å². The minimum atomic E-state index is -0.530. The maximum absolute atomic E-state index is 13.2. The average Bonchev–Trinajstić information content (AvgIpc) is 3.10. The van der Waals surface area contributed by atoms with E-state index in [1.165, 1.54) is 199 Å². The second kappa shape index (κ2) is 41.6. The summed E-state index contributed by atoms with van der Waals surface area (Å²) in [6, 6.07) is 0. The largest absolute Gasteiger partial charge is 0.465 e. The third kappa shape index (κ3) is 36.7. The number of rotatable bonds is 42. The number of hydrogen-bond donors (Lipinski definition) is 0. The molecule has 0 saturated heterocycles. The number of carbonyl (C=O) groups excluding carboxylic acids is 2. The average molecular weight is 691 g/mol. The molecule has 0 spiro atoms. The standard InChI is InChI=1S/C46H90O3/c1-4-7-10-13-16-19-21-23-25-27-29-31-33-36-39-42-45(47)44(46(48)49-43-40-37-34-18-15-12-9-6-3)41-38-35-32-30-28-26-24-22-20-17-14-11-8-5-2/h44H,4-43H2,1-3H3. The zero-order valence-corrected chi connectivity index (χ0v) is 34.1. The van der Waals surface area contributed by atoms with Gasteiger partial charge in [0.1, 0.15) is 11.7 Å². The molecule has 0 aliphatic heterocycles. The molecule has 0 rings (SSSR count). The highest BCUT2D eigenvalue weighted by molar-refractivity contribution is 5.98. The fourth-order valence-corrected chi connectivity index (χ4v) is 7.31. The Morgan fingerprint density at radius 2 is 0.612 bits per heavy atom. The summed E-state index contributed by atoms with van der Waals surface area (Å²) >= 11 is 0. The highest BCUT2D eigenvalue weighted by atomic mass is 16.5. The van der Waals surface area contributed by atoms with E-state index in [1.54, 1.807) is 0 Å². The quantitative estimate of drug-likeness (QED) is 0.0364. The third-order valence-corrected chi connectivity index (χ3v) is 10.8. The summed E-state index contributed by atoms with van der Waals surface area (Å²) in [5.41, 5.74) is 0. The van der Waals surface area contributed by atoms with Crippen LogP contribution in [0.4, 0.5) is 0 Å². The van der Waals surface area contributed by atoms with Gasteiger partial charge in [0.15, 0.2) is 0 Å². The van der Waals surface area contributed by atoms with Crippen LogP contribution in [-0.4, -0.2) is 18.4 Å². The first-order valence-electron chi connectivity index (χ1n) is 22.9. The fourth-order valence-electron chi connectivity index (χ4n) is 7.31. The summed E-state index contributed by atoms with van der Waals surface area (Å²) in [4.78, 5) is 26.3. The molecule has 0 aromatic carbocycles. The highest BCUT2D eigenvalue weighted by Crippen LogP contribution is 2.20. The number of unbranched alkanes of at least 4 members (excludes halogenated alkanes) is 34. The fraction of sp³-hybridized carbons (Fsp3) is 0.957. The molecule has 49 heavy (non-hydrogen) atoms. The van der Waals surface area contributed by atoms with E-state index in [0.717, 1.165) is 38.5 Å². The molecular formula is C46H90O3. The number of esters is 1. The van der Waals surface area contributed by atoms with Crippen LogP contribution >= 0.6 is 0 Å². The van der Waals surface area contributed by atoms with E-state index in [0.29, 0.717) is 19.4 Å². The lowest BCUT2D eigenvalue weighted by Crippen LogP contribution is -2.26. The van der Waals surface area contributed by atoms with Gasteiger partial charge >= 0.3 is 5.97 Å². The molecule has 0 aliphatic carbocycles. The van der Waals surface area contributed by atoms with Crippen LogP contribution in [0.15, 0.2) is 0 Å². The van der Waals surface area contributed by atoms with E-state index in [1.807, 2.05) is 0 Å². The Morgan fingerprint density at radius 1 is 0.347 bits per heavy atom. The molecule has 0 radical (unpaired) electrons. The Hall–Kier alpha value is -0.860. The van der Waals surface area contributed by atoms with Gasteiger partial charge in [-0.2, -0.15) is 0 Å². The summed E-state index contributed by atoms with van der Waals surface area (Å²) in [6.07, 6.45) is 49.4. The second-order valence-corrected chi connectivity index (χ2v) is 15.7. The Balaban J connectivity index is 4.17. The predicted octanol–water partition coefficient (Wildman–Crippen LogP) is 16.0. The Labute approximate surface area is 309 Å². The van der Waals surface area contributed by atoms with Gasteiger partial charge in [0.25, 0.3) is 0 Å². The van der Waals surface area contributed by atoms with Crippen molar-refractivity contribution in [1.82, 2.24) is 0 Å². The van der Waals surface area contributed by atoms with Crippen LogP contribution in [0.2, 0.25) is 0 Å². The molecule has 0 heterocycles. The van der Waals surface area contributed by atoms with Gasteiger partial charge in [-0.15, -0.1) is 0 Å². The predicted molar refractivity (Wildman–Crippen MR) is 217 cm³/mol. The molecule has 0 aliphatic rings. The molecule has 0 amide bonds. The Kier molecular flexibility index (Phi) is 40.8. The van der Waals surface area contributed by atoms with E-state index < -0.39 is 5.92 Å². The van der Waals surface area contributed by atoms with Gasteiger partial charge < -0.3 is 4.74 Å². The molecule has 3 heteroatoms. The van der Waals surface area contributed by atoms with Gasteiger partial charge in [0, 0.05) is 6.42 Å². The first-order chi connectivity index (χ1) is 24.2. The summed E-state index contributed by atoms with van der Waals surface area (Å²) in [5.74, 6) is -0.619. The van der Waals surface area contributed by atoms with Crippen molar-refractivity contribution in [3.8, 4) is 0 Å². The van der Waals surface area contributed by atoms with E-state index in [-0.39, 0.29) is 11.8 Å². The summed E-state index contributed by atoms with van der Waals surface area (Å²) < 4.78 is 5.71. The number of ketones is 1. The monoisotopic (exact) mass is 691 g/mol. The molecule has 0 fully saturated rings. The van der Waals surface area contributed by atoms with Crippen LogP contribution < -0.4 is 0 Å². The molecule has 0 N–H and O–H groups in total. The van der Waals surface area contributed by atoms with E-state index >= 15 is 0 Å². The normalized spacial score (nSPS) is 12.1. The molecule has 292 valence electrons. The van der Waals surface area contributed by atoms with Crippen molar-refractivity contribution in [3.63, 3.8) is 0 Å². The van der Waals surface area contributed by atoms with Crippen molar-refractivity contribution in [2.24, 2.45) is 5.92 Å². The van der Waals surface area contributed by atoms with Gasteiger partial charge in [-0.05, 0) is 19.3 Å². The van der Waals surface area contributed by atoms with Crippen molar-refractivity contribution in [2.75, 3.05) is 6.61 Å². The number of ether oxygens (including phenoxy) is 1. The lowest BCUT2D eigenvalue weighted by atomic mass is 9.92. The van der Waals surface area contributed by atoms with Crippen LogP contribution in [0.25, 0.3) is 0 Å². The molecule has 0 aromatic heterocycles. The second-order valence-electron chi connectivity index (χ2n) is 15.7. The minimum absolute atomic E-state index is 0.144. The molecule has 0 bridgehead atoms. The van der Waals surface area contributed by atoms with Crippen LogP contribution in [0.5, 0.6) is 0 Å². The van der Waals surface area contributed by atoms with E-state index in [2.05, 4.69) is 20.8 Å². The molecule has 0 aromatic rings. The highest BCUT2D eigenvalue weighted by Gasteiger charge is 2.27. The topological polar surface area (TPSA) is 43.4 Å². The molecular weight excluding hydrogens is 601 g/mol. The number of Topliss-reactive ketones (excluding diaryl/α,β-unsaturated/α-hetero) is 1. The van der Waals surface area contributed by atoms with Gasteiger partial charge in [0.2, 0.25) is 0 Å². The van der Waals surface area contributed by atoms with Crippen molar-refractivity contribution in [2.45, 2.75) is 271 Å². The van der Waals surface area contributed by atoms with Gasteiger partial charge in [-0.25, -0.2) is 0 Å². The first-order valence-corrected chi connectivity index (χ1v) is 22.9. The van der Waals surface area contributed by atoms with Gasteiger partial charge in [-0.3, -0.25) is 9.59 Å². The zero-order chi connectivity index (χ0) is 35.7. The van der Waals surface area contributed by atoms with Crippen LogP contribution in [0, 0.1) is 5.92 Å². The van der Waals surface area contributed by atoms with Crippen LogP contribution in [-0.2, 0) is 14.3 Å². The SMILES string of the molecule is CCCCCCCCCCCCCCCCCC(=O)C(CCCCCCCCCCCCCCCC)C(=O)OCCCCCCCCCC. The lowest BCUT2D eigenvalue weighted by molar-refractivity contribution is -0.152. The summed E-state index contributed by atoms with van der Waals surface area (Å²) in [7, 11) is 0. The maximum atomic E-state index is 13.2. The van der Waals surface area contributed by atoms with E-state index in [9.17, 15) is 9.59 Å². The van der Waals surface area contributed by atoms with E-state index in [4.69, 9.17) is 4.74 Å². The third-order valence-electron chi connectivity index (χ3n) is 10.8. The van der Waals surface area contributed by atoms with Crippen molar-refractivity contribution >= 4 is 11.8 Å². The Morgan fingerprint density at radius 3 is 0.939 bits per heavy atom. The molecule has 0 saturated carbocycles. The molecule has 1 unspecified atom stereocenters. The Bertz CT molecular complexity index is 659. The van der Waals surface area contributed by atoms with Gasteiger partial charge in [0.05, 0.1) is 6.61 Å². The molecule has 1 atom stereocenters. The summed E-state index contributed by atoms with van der Waals surface area (Å²) in [6.45, 7) is 7.31. The number of carbonyl (C=O) groups is 2. The van der Waals surface area contributed by atoms with Crippen molar-refractivity contribution < 1.29 is 14.3 Å². The van der Waals surface area contributed by atoms with Gasteiger partial charge in [-0.1, -0.05) is 245 Å². The van der Waals surface area contributed by atoms with Crippen molar-refractivity contribution in [1.29, 1.82) is 0 Å². The van der Waals surface area contributed by atoms with Crippen molar-refractivity contribution in [3.05, 3.63) is 0 Å². The zero-order valence-electron chi connectivity index (χ0n) is 34.1. The first kappa shape index (κ1) is 48.1. The summed E-state index contributed by atoms with van der Waals surface area (Å²) in [5, 5.41) is 0. The minimum Gasteiger partial charge on any atom is -0.465 e.